The van der Waals surface area contributed by atoms with Crippen LogP contribution in [0.4, 0.5) is 4.79 Å². The summed E-state index contributed by atoms with van der Waals surface area (Å²) in [6.45, 7) is 12.0. The molecule has 0 unspecified atom stereocenters. The topological polar surface area (TPSA) is 67.4 Å². The Kier molecular flexibility index (Phi) is 5.58. The molecule has 0 aromatic carbocycles. The van der Waals surface area contributed by atoms with Crippen molar-refractivity contribution in [1.82, 2.24) is 14.9 Å². The first-order valence-electron chi connectivity index (χ1n) is 8.64. The first-order valence-corrected chi connectivity index (χ1v) is 8.64. The lowest BCUT2D eigenvalue weighted by molar-refractivity contribution is 0.0203. The number of nitrogens with zero attached hydrogens (tertiary/aromatic N) is 2. The van der Waals surface area contributed by atoms with E-state index >= 15 is 0 Å². The van der Waals surface area contributed by atoms with Crippen LogP contribution in [0.2, 0.25) is 0 Å². The van der Waals surface area contributed by atoms with Gasteiger partial charge < -0.3 is 19.4 Å². The molecule has 1 aliphatic rings. The summed E-state index contributed by atoms with van der Waals surface area (Å²) in [5.74, 6) is 1.37. The first kappa shape index (κ1) is 18.8. The number of H-pyrrole nitrogens is 1. The van der Waals surface area contributed by atoms with Gasteiger partial charge in [0.1, 0.15) is 11.4 Å². The summed E-state index contributed by atoms with van der Waals surface area (Å²) >= 11 is 0. The number of piperidine rings is 1. The molecule has 0 aliphatic carbocycles. The molecule has 2 heterocycles. The molecule has 6 nitrogen and oxygen atoms in total. The molecular formula is C18H31N3O3. The fourth-order valence-electron chi connectivity index (χ4n) is 2.99. The Labute approximate surface area is 144 Å². The van der Waals surface area contributed by atoms with Crippen LogP contribution < -0.4 is 0 Å². The lowest BCUT2D eigenvalue weighted by Crippen LogP contribution is -2.41. The van der Waals surface area contributed by atoms with Gasteiger partial charge in [-0.2, -0.15) is 0 Å². The van der Waals surface area contributed by atoms with Crippen molar-refractivity contribution in [3.63, 3.8) is 0 Å². The molecule has 6 heteroatoms. The van der Waals surface area contributed by atoms with Crippen molar-refractivity contribution in [2.24, 2.45) is 0 Å². The Hall–Kier alpha value is -1.56. The smallest absolute Gasteiger partial charge is 0.410 e. The van der Waals surface area contributed by atoms with Gasteiger partial charge in [0, 0.05) is 43.4 Å². The number of aromatic amines is 1. The highest BCUT2D eigenvalue weighted by atomic mass is 16.6. The number of aromatic nitrogens is 2. The molecule has 1 aromatic rings. The van der Waals surface area contributed by atoms with E-state index in [0.29, 0.717) is 25.6 Å². The molecule has 136 valence electrons. The van der Waals surface area contributed by atoms with Crippen LogP contribution in [0.15, 0.2) is 6.20 Å². The van der Waals surface area contributed by atoms with Gasteiger partial charge in [-0.3, -0.25) is 0 Å². The minimum atomic E-state index is -0.448. The maximum absolute atomic E-state index is 12.1. The minimum Gasteiger partial charge on any atom is -0.444 e. The van der Waals surface area contributed by atoms with E-state index in [1.165, 1.54) is 0 Å². The lowest BCUT2D eigenvalue weighted by Gasteiger charge is -2.32. The van der Waals surface area contributed by atoms with Crippen molar-refractivity contribution in [3.8, 4) is 0 Å². The number of carbonyl (C=O) groups is 1. The number of ether oxygens (including phenoxy) is 2. The van der Waals surface area contributed by atoms with Crippen LogP contribution in [0.1, 0.15) is 64.9 Å². The average molecular weight is 337 g/mol. The third kappa shape index (κ3) is 4.72. The summed E-state index contributed by atoms with van der Waals surface area (Å²) in [7, 11) is 1.71. The number of hydrogen-bond acceptors (Lipinski definition) is 4. The third-order valence-corrected chi connectivity index (χ3v) is 4.36. The Balaban J connectivity index is 1.93. The van der Waals surface area contributed by atoms with Crippen LogP contribution >= 0.6 is 0 Å². The van der Waals surface area contributed by atoms with E-state index in [1.807, 2.05) is 27.0 Å². The molecule has 0 atom stereocenters. The number of carbonyl (C=O) groups excluding carboxylic acids is 1. The molecule has 0 bridgehead atoms. The second-order valence-electron chi connectivity index (χ2n) is 8.24. The Morgan fingerprint density at radius 3 is 2.46 bits per heavy atom. The van der Waals surface area contributed by atoms with Crippen molar-refractivity contribution < 1.29 is 14.3 Å². The molecule has 1 fully saturated rings. The molecule has 0 spiro atoms. The van der Waals surface area contributed by atoms with Crippen LogP contribution in [0, 0.1) is 0 Å². The van der Waals surface area contributed by atoms with E-state index in [9.17, 15) is 4.79 Å². The predicted molar refractivity (Wildman–Crippen MR) is 93.3 cm³/mol. The quantitative estimate of drug-likeness (QED) is 0.914. The van der Waals surface area contributed by atoms with Crippen molar-refractivity contribution in [2.45, 2.75) is 64.4 Å². The normalized spacial score (nSPS) is 17.2. The molecule has 0 radical (unpaired) electrons. The van der Waals surface area contributed by atoms with E-state index in [2.05, 4.69) is 23.8 Å². The van der Waals surface area contributed by atoms with E-state index in [1.54, 1.807) is 12.0 Å². The Bertz CT molecular complexity index is 552. The Morgan fingerprint density at radius 1 is 1.29 bits per heavy atom. The first-order chi connectivity index (χ1) is 11.1. The summed E-state index contributed by atoms with van der Waals surface area (Å²) in [6, 6.07) is 0. The second-order valence-corrected chi connectivity index (χ2v) is 8.24. The number of likely N-dealkylation sites (tertiary alicyclic amines) is 1. The summed E-state index contributed by atoms with van der Waals surface area (Å²) in [6.07, 6.45) is 3.49. The third-order valence-electron chi connectivity index (χ3n) is 4.36. The number of methoxy groups -OCH3 is 1. The molecule has 1 N–H and O–H groups in total. The van der Waals surface area contributed by atoms with Gasteiger partial charge in [-0.15, -0.1) is 0 Å². The zero-order valence-electron chi connectivity index (χ0n) is 15.8. The molecule has 1 aromatic heterocycles. The van der Waals surface area contributed by atoms with Crippen molar-refractivity contribution in [1.29, 1.82) is 0 Å². The summed E-state index contributed by atoms with van der Waals surface area (Å²) in [4.78, 5) is 22.0. The van der Waals surface area contributed by atoms with E-state index < -0.39 is 5.60 Å². The zero-order chi connectivity index (χ0) is 18.0. The molecule has 1 saturated heterocycles. The van der Waals surface area contributed by atoms with Crippen LogP contribution in [0.5, 0.6) is 0 Å². The summed E-state index contributed by atoms with van der Waals surface area (Å²) in [5, 5.41) is 0. The number of imidazole rings is 1. The van der Waals surface area contributed by atoms with Gasteiger partial charge in [-0.05, 0) is 33.6 Å². The van der Waals surface area contributed by atoms with E-state index in [4.69, 9.17) is 9.47 Å². The zero-order valence-corrected chi connectivity index (χ0v) is 15.8. The fraction of sp³-hybridized carbons (Fsp3) is 0.778. The maximum Gasteiger partial charge on any atom is 0.410 e. The highest BCUT2D eigenvalue weighted by molar-refractivity contribution is 5.68. The molecule has 1 amide bonds. The fourth-order valence-corrected chi connectivity index (χ4v) is 2.99. The molecule has 2 rings (SSSR count). The highest BCUT2D eigenvalue weighted by Gasteiger charge is 2.30. The van der Waals surface area contributed by atoms with Crippen molar-refractivity contribution in [2.75, 3.05) is 26.8 Å². The standard InChI is InChI=1S/C18H31N3O3/c1-17(2,3)24-16(22)21-9-7-13(8-10-21)15-19-11-14(20-15)18(4,5)12-23-6/h11,13H,7-10,12H2,1-6H3,(H,19,20). The largest absolute Gasteiger partial charge is 0.444 e. The van der Waals surface area contributed by atoms with Crippen LogP contribution in [-0.4, -0.2) is 53.4 Å². The average Bonchev–Trinajstić information content (AvgIpc) is 2.96. The number of rotatable bonds is 4. The maximum atomic E-state index is 12.1. The van der Waals surface area contributed by atoms with E-state index in [0.717, 1.165) is 24.4 Å². The van der Waals surface area contributed by atoms with Gasteiger partial charge in [0.05, 0.1) is 6.61 Å². The van der Waals surface area contributed by atoms with Crippen molar-refractivity contribution in [3.05, 3.63) is 17.7 Å². The van der Waals surface area contributed by atoms with Crippen LogP contribution in [0.25, 0.3) is 0 Å². The molecular weight excluding hydrogens is 306 g/mol. The summed E-state index contributed by atoms with van der Waals surface area (Å²) < 4.78 is 10.7. The van der Waals surface area contributed by atoms with Gasteiger partial charge in [0.15, 0.2) is 0 Å². The minimum absolute atomic E-state index is 0.0861. The highest BCUT2D eigenvalue weighted by Crippen LogP contribution is 2.29. The lowest BCUT2D eigenvalue weighted by atomic mass is 9.91. The van der Waals surface area contributed by atoms with Gasteiger partial charge in [-0.1, -0.05) is 13.8 Å². The van der Waals surface area contributed by atoms with Gasteiger partial charge >= 0.3 is 6.09 Å². The Morgan fingerprint density at radius 2 is 1.92 bits per heavy atom. The number of hydrogen-bond donors (Lipinski definition) is 1. The van der Waals surface area contributed by atoms with Crippen molar-refractivity contribution >= 4 is 6.09 Å². The van der Waals surface area contributed by atoms with Crippen LogP contribution in [0.3, 0.4) is 0 Å². The van der Waals surface area contributed by atoms with E-state index in [-0.39, 0.29) is 11.5 Å². The number of amides is 1. The summed E-state index contributed by atoms with van der Waals surface area (Å²) in [5.41, 5.74) is 0.558. The second kappa shape index (κ2) is 7.13. The van der Waals surface area contributed by atoms with Gasteiger partial charge in [-0.25, -0.2) is 9.78 Å². The number of nitrogens with one attached hydrogen (secondary N) is 1. The molecule has 0 saturated carbocycles. The van der Waals surface area contributed by atoms with Gasteiger partial charge in [0.25, 0.3) is 0 Å². The van der Waals surface area contributed by atoms with Crippen LogP contribution in [-0.2, 0) is 14.9 Å². The van der Waals surface area contributed by atoms with Gasteiger partial charge in [0.2, 0.25) is 0 Å². The SMILES string of the molecule is COCC(C)(C)c1cnc(C2CCN(C(=O)OC(C)(C)C)CC2)[nH]1. The predicted octanol–water partition coefficient (Wildman–Crippen LogP) is 3.45. The monoisotopic (exact) mass is 337 g/mol. The molecule has 24 heavy (non-hydrogen) atoms. The molecule has 1 aliphatic heterocycles.